The van der Waals surface area contributed by atoms with E-state index in [0.29, 0.717) is 0 Å². The van der Waals surface area contributed by atoms with Crippen LogP contribution in [0.15, 0.2) is 12.2 Å². The first kappa shape index (κ1) is 9.22. The van der Waals surface area contributed by atoms with Crippen molar-refractivity contribution in [1.29, 1.82) is 0 Å². The van der Waals surface area contributed by atoms with Crippen LogP contribution in [0.25, 0.3) is 0 Å². The van der Waals surface area contributed by atoms with Crippen molar-refractivity contribution in [2.45, 2.75) is 12.5 Å². The van der Waals surface area contributed by atoms with E-state index in [2.05, 4.69) is 5.32 Å². The molecule has 12 heavy (non-hydrogen) atoms. The van der Waals surface area contributed by atoms with Gasteiger partial charge in [-0.15, -0.1) is 0 Å². The van der Waals surface area contributed by atoms with Crippen LogP contribution in [-0.2, 0) is 9.63 Å². The molecular formula is C8H14N2O2. The van der Waals surface area contributed by atoms with Gasteiger partial charge < -0.3 is 5.32 Å². The molecule has 68 valence electrons. The van der Waals surface area contributed by atoms with Crippen molar-refractivity contribution in [3.8, 4) is 0 Å². The number of carbonyl (C=O) groups is 1. The van der Waals surface area contributed by atoms with Crippen LogP contribution < -0.4 is 5.32 Å². The van der Waals surface area contributed by atoms with E-state index in [4.69, 9.17) is 4.84 Å². The fourth-order valence-corrected chi connectivity index (χ4v) is 1.11. The van der Waals surface area contributed by atoms with Gasteiger partial charge in [0.2, 0.25) is 0 Å². The van der Waals surface area contributed by atoms with Gasteiger partial charge in [-0.2, -0.15) is 0 Å². The van der Waals surface area contributed by atoms with Gasteiger partial charge in [-0.3, -0.25) is 9.63 Å². The lowest BCUT2D eigenvalue weighted by molar-refractivity contribution is -0.171. The summed E-state index contributed by atoms with van der Waals surface area (Å²) in [6.07, 6.45) is 4.76. The first-order chi connectivity index (χ1) is 5.75. The third-order valence-corrected chi connectivity index (χ3v) is 1.90. The van der Waals surface area contributed by atoms with Crippen LogP contribution in [0.5, 0.6) is 0 Å². The molecule has 0 unspecified atom stereocenters. The molecule has 0 saturated carbocycles. The van der Waals surface area contributed by atoms with Crippen LogP contribution in [0.3, 0.4) is 0 Å². The molecule has 0 aromatic heterocycles. The third kappa shape index (κ3) is 2.06. The Balaban J connectivity index is 2.46. The molecule has 1 aliphatic rings. The van der Waals surface area contributed by atoms with Crippen LogP contribution in [0, 0.1) is 0 Å². The van der Waals surface area contributed by atoms with E-state index in [0.717, 1.165) is 13.0 Å². The molecule has 0 aliphatic carbocycles. The number of rotatable bonds is 2. The summed E-state index contributed by atoms with van der Waals surface area (Å²) in [5.74, 6) is -0.0261. The Morgan fingerprint density at radius 3 is 2.92 bits per heavy atom. The lowest BCUT2D eigenvalue weighted by Crippen LogP contribution is -2.45. The van der Waals surface area contributed by atoms with Crippen molar-refractivity contribution >= 4 is 5.91 Å². The maximum atomic E-state index is 11.4. The van der Waals surface area contributed by atoms with E-state index in [1.807, 2.05) is 12.2 Å². The Morgan fingerprint density at radius 1 is 1.67 bits per heavy atom. The van der Waals surface area contributed by atoms with Crippen molar-refractivity contribution < 1.29 is 9.63 Å². The highest BCUT2D eigenvalue weighted by Gasteiger charge is 2.21. The van der Waals surface area contributed by atoms with Gasteiger partial charge >= 0.3 is 0 Å². The largest absolute Gasteiger partial charge is 0.302 e. The Bertz CT molecular complexity index is 191. The van der Waals surface area contributed by atoms with Crippen molar-refractivity contribution in [2.75, 3.05) is 20.7 Å². The van der Waals surface area contributed by atoms with E-state index in [-0.39, 0.29) is 11.9 Å². The fourth-order valence-electron chi connectivity index (χ4n) is 1.11. The topological polar surface area (TPSA) is 41.6 Å². The van der Waals surface area contributed by atoms with Gasteiger partial charge in [0.1, 0.15) is 0 Å². The first-order valence-electron chi connectivity index (χ1n) is 3.95. The van der Waals surface area contributed by atoms with E-state index in [1.165, 1.54) is 12.2 Å². The quantitative estimate of drug-likeness (QED) is 0.465. The molecule has 1 rings (SSSR count). The Labute approximate surface area is 72.1 Å². The van der Waals surface area contributed by atoms with Gasteiger partial charge in [-0.05, 0) is 6.42 Å². The molecule has 1 N–H and O–H groups in total. The minimum Gasteiger partial charge on any atom is -0.302 e. The molecule has 0 fully saturated rings. The molecule has 1 aliphatic heterocycles. The zero-order valence-electron chi connectivity index (χ0n) is 7.41. The van der Waals surface area contributed by atoms with Gasteiger partial charge in [0.05, 0.1) is 13.2 Å². The number of nitrogens with zero attached hydrogens (tertiary/aromatic N) is 1. The van der Waals surface area contributed by atoms with Crippen molar-refractivity contribution in [2.24, 2.45) is 0 Å². The van der Waals surface area contributed by atoms with Crippen molar-refractivity contribution in [3.05, 3.63) is 12.2 Å². The van der Waals surface area contributed by atoms with Gasteiger partial charge in [0.25, 0.3) is 5.91 Å². The second-order valence-corrected chi connectivity index (χ2v) is 2.69. The Morgan fingerprint density at radius 2 is 2.42 bits per heavy atom. The molecule has 1 atom stereocenters. The molecule has 1 amide bonds. The average Bonchev–Trinajstić information content (AvgIpc) is 2.17. The lowest BCUT2D eigenvalue weighted by Gasteiger charge is -2.23. The predicted molar refractivity (Wildman–Crippen MR) is 45.3 cm³/mol. The first-order valence-corrected chi connectivity index (χ1v) is 3.95. The lowest BCUT2D eigenvalue weighted by atomic mass is 10.1. The van der Waals surface area contributed by atoms with Crippen molar-refractivity contribution in [1.82, 2.24) is 10.4 Å². The summed E-state index contributed by atoms with van der Waals surface area (Å²) in [6, 6.07) is -0.125. The van der Waals surface area contributed by atoms with Crippen LogP contribution >= 0.6 is 0 Å². The maximum absolute atomic E-state index is 11.4. The molecule has 0 spiro atoms. The maximum Gasteiger partial charge on any atom is 0.263 e. The molecule has 0 saturated heterocycles. The third-order valence-electron chi connectivity index (χ3n) is 1.90. The Kier molecular flexibility index (Phi) is 3.25. The minimum atomic E-state index is -0.125. The molecule has 4 nitrogen and oxygen atoms in total. The van der Waals surface area contributed by atoms with Crippen LogP contribution in [0.2, 0.25) is 0 Å². The van der Waals surface area contributed by atoms with Gasteiger partial charge in [-0.25, -0.2) is 5.06 Å². The van der Waals surface area contributed by atoms with E-state index in [1.54, 1.807) is 7.05 Å². The van der Waals surface area contributed by atoms with Gasteiger partial charge in [0.15, 0.2) is 0 Å². The smallest absolute Gasteiger partial charge is 0.263 e. The number of hydrogen-bond acceptors (Lipinski definition) is 3. The second kappa shape index (κ2) is 4.23. The summed E-state index contributed by atoms with van der Waals surface area (Å²) in [6.45, 7) is 0.758. The van der Waals surface area contributed by atoms with Gasteiger partial charge in [-0.1, -0.05) is 12.2 Å². The number of carbonyl (C=O) groups excluding carboxylic acids is 1. The summed E-state index contributed by atoms with van der Waals surface area (Å²) in [7, 11) is 3.10. The minimum absolute atomic E-state index is 0.0261. The van der Waals surface area contributed by atoms with E-state index < -0.39 is 0 Å². The summed E-state index contributed by atoms with van der Waals surface area (Å²) >= 11 is 0. The zero-order chi connectivity index (χ0) is 8.97. The zero-order valence-corrected chi connectivity index (χ0v) is 7.41. The highest BCUT2D eigenvalue weighted by molar-refractivity contribution is 5.81. The monoisotopic (exact) mass is 170 g/mol. The van der Waals surface area contributed by atoms with Crippen LogP contribution in [0.4, 0.5) is 0 Å². The highest BCUT2D eigenvalue weighted by Crippen LogP contribution is 2.02. The standard InChI is InChI=1S/C8H14N2O2/c1-10(12-2)8(11)7-5-3-4-6-9-7/h3-4,7,9H,5-6H2,1-2H3/t7-/m1/s1. The number of hydrogen-bond donors (Lipinski definition) is 1. The summed E-state index contributed by atoms with van der Waals surface area (Å²) < 4.78 is 0. The molecule has 0 bridgehead atoms. The normalized spacial score (nSPS) is 22.3. The summed E-state index contributed by atoms with van der Waals surface area (Å²) in [5.41, 5.74) is 0. The Hall–Kier alpha value is -0.870. The second-order valence-electron chi connectivity index (χ2n) is 2.69. The molecule has 0 aromatic rings. The van der Waals surface area contributed by atoms with Crippen molar-refractivity contribution in [3.63, 3.8) is 0 Å². The van der Waals surface area contributed by atoms with Gasteiger partial charge in [0, 0.05) is 13.6 Å². The molecule has 4 heteroatoms. The molecule has 0 radical (unpaired) electrons. The summed E-state index contributed by atoms with van der Waals surface area (Å²) in [4.78, 5) is 16.2. The number of nitrogens with one attached hydrogen (secondary N) is 1. The molecule has 0 aromatic carbocycles. The van der Waals surface area contributed by atoms with Crippen LogP contribution in [-0.4, -0.2) is 37.7 Å². The van der Waals surface area contributed by atoms with Crippen LogP contribution in [0.1, 0.15) is 6.42 Å². The predicted octanol–water partition coefficient (Wildman–Crippen LogP) is -0.0757. The summed E-state index contributed by atoms with van der Waals surface area (Å²) in [5, 5.41) is 4.32. The average molecular weight is 170 g/mol. The molecule has 1 heterocycles. The number of hydroxylamine groups is 2. The molecular weight excluding hydrogens is 156 g/mol. The highest BCUT2D eigenvalue weighted by atomic mass is 16.7. The fraction of sp³-hybridized carbons (Fsp3) is 0.625. The van der Waals surface area contributed by atoms with E-state index in [9.17, 15) is 4.79 Å². The SMILES string of the molecule is CON(C)C(=O)[C@H]1CC=CCN1. The number of likely N-dealkylation sites (N-methyl/N-ethyl adjacent to an activating group) is 1. The number of amides is 1. The van der Waals surface area contributed by atoms with E-state index >= 15 is 0 Å².